The maximum atomic E-state index is 13.6. The molecule has 1 fully saturated rings. The van der Waals surface area contributed by atoms with Crippen molar-refractivity contribution in [1.82, 2.24) is 15.1 Å². The van der Waals surface area contributed by atoms with Crippen molar-refractivity contribution in [2.24, 2.45) is 0 Å². The molecule has 162 valence electrons. The molecule has 1 aliphatic rings. The molecule has 1 heterocycles. The third-order valence-corrected chi connectivity index (χ3v) is 5.24. The molecule has 0 saturated carbocycles. The van der Waals surface area contributed by atoms with Crippen LogP contribution in [0.15, 0.2) is 48.5 Å². The Labute approximate surface area is 177 Å². The second kappa shape index (κ2) is 11.5. The van der Waals surface area contributed by atoms with Gasteiger partial charge >= 0.3 is 0 Å². The quantitative estimate of drug-likeness (QED) is 0.645. The Kier molecular flexibility index (Phi) is 8.47. The molecule has 0 radical (unpaired) electrons. The van der Waals surface area contributed by atoms with E-state index in [9.17, 15) is 9.18 Å². The monoisotopic (exact) mass is 415 g/mol. The van der Waals surface area contributed by atoms with Gasteiger partial charge in [0.2, 0.25) is 5.91 Å². The largest absolute Gasteiger partial charge is 0.497 e. The van der Waals surface area contributed by atoms with Gasteiger partial charge in [-0.05, 0) is 42.3 Å². The average Bonchev–Trinajstić information content (AvgIpc) is 2.77. The van der Waals surface area contributed by atoms with E-state index >= 15 is 0 Å². The molecule has 3 rings (SSSR count). The summed E-state index contributed by atoms with van der Waals surface area (Å²) in [5.41, 5.74) is 0.628. The standard InChI is InChI=1S/C23H30FN3O3/c1-29-20-6-8-21(9-7-20)30-17-16-26-12-14-27(15-13-26)18-23(28)25-11-10-19-4-2-3-5-22(19)24/h2-9H,10-18H2,1H3,(H,25,28). The van der Waals surface area contributed by atoms with Crippen molar-refractivity contribution < 1.29 is 18.7 Å². The third-order valence-electron chi connectivity index (χ3n) is 5.24. The molecule has 2 aromatic rings. The summed E-state index contributed by atoms with van der Waals surface area (Å²) in [7, 11) is 1.64. The van der Waals surface area contributed by atoms with Gasteiger partial charge in [-0.2, -0.15) is 0 Å². The van der Waals surface area contributed by atoms with Crippen LogP contribution in [0.5, 0.6) is 11.5 Å². The zero-order valence-electron chi connectivity index (χ0n) is 17.5. The second-order valence-electron chi connectivity index (χ2n) is 7.33. The first-order chi connectivity index (χ1) is 14.6. The molecule has 1 aliphatic heterocycles. The van der Waals surface area contributed by atoms with Gasteiger partial charge in [-0.1, -0.05) is 18.2 Å². The fraction of sp³-hybridized carbons (Fsp3) is 0.435. The topological polar surface area (TPSA) is 54.0 Å². The van der Waals surface area contributed by atoms with Gasteiger partial charge in [0.1, 0.15) is 23.9 Å². The number of hydrogen-bond acceptors (Lipinski definition) is 5. The Morgan fingerprint density at radius 1 is 1.00 bits per heavy atom. The zero-order valence-corrected chi connectivity index (χ0v) is 17.5. The summed E-state index contributed by atoms with van der Waals surface area (Å²) in [6.45, 7) is 5.84. The van der Waals surface area contributed by atoms with Gasteiger partial charge < -0.3 is 14.8 Å². The molecule has 7 heteroatoms. The van der Waals surface area contributed by atoms with E-state index in [2.05, 4.69) is 15.1 Å². The third kappa shape index (κ3) is 7.00. The lowest BCUT2D eigenvalue weighted by Crippen LogP contribution is -2.50. The lowest BCUT2D eigenvalue weighted by Gasteiger charge is -2.34. The number of amides is 1. The maximum absolute atomic E-state index is 13.6. The van der Waals surface area contributed by atoms with Crippen molar-refractivity contribution in [3.05, 3.63) is 59.9 Å². The minimum absolute atomic E-state index is 0.0115. The van der Waals surface area contributed by atoms with Gasteiger partial charge in [-0.25, -0.2) is 4.39 Å². The minimum atomic E-state index is -0.223. The number of hydrogen-bond donors (Lipinski definition) is 1. The van der Waals surface area contributed by atoms with Crippen LogP contribution in [-0.2, 0) is 11.2 Å². The summed E-state index contributed by atoms with van der Waals surface area (Å²) < 4.78 is 24.5. The highest BCUT2D eigenvalue weighted by Gasteiger charge is 2.18. The molecule has 1 saturated heterocycles. The molecule has 30 heavy (non-hydrogen) atoms. The fourth-order valence-corrected chi connectivity index (χ4v) is 3.43. The van der Waals surface area contributed by atoms with Crippen molar-refractivity contribution >= 4 is 5.91 Å². The van der Waals surface area contributed by atoms with Crippen LogP contribution in [0.4, 0.5) is 4.39 Å². The first-order valence-corrected chi connectivity index (χ1v) is 10.4. The van der Waals surface area contributed by atoms with E-state index in [1.165, 1.54) is 6.07 Å². The number of piperazine rings is 1. The summed E-state index contributed by atoms with van der Waals surface area (Å²) in [6.07, 6.45) is 0.500. The van der Waals surface area contributed by atoms with Crippen LogP contribution in [-0.4, -0.2) is 75.2 Å². The Hall–Kier alpha value is -2.64. The van der Waals surface area contributed by atoms with Crippen molar-refractivity contribution in [2.45, 2.75) is 6.42 Å². The van der Waals surface area contributed by atoms with E-state index in [0.717, 1.165) is 44.2 Å². The number of carbonyl (C=O) groups is 1. The molecule has 0 aliphatic carbocycles. The van der Waals surface area contributed by atoms with Gasteiger partial charge in [0.15, 0.2) is 0 Å². The number of halogens is 1. The Balaban J connectivity index is 1.27. The molecule has 0 aromatic heterocycles. The Morgan fingerprint density at radius 2 is 1.67 bits per heavy atom. The van der Waals surface area contributed by atoms with Gasteiger partial charge in [0.05, 0.1) is 13.7 Å². The molecule has 1 N–H and O–H groups in total. The molecular formula is C23H30FN3O3. The van der Waals surface area contributed by atoms with E-state index in [1.807, 2.05) is 30.3 Å². The SMILES string of the molecule is COc1ccc(OCCN2CCN(CC(=O)NCCc3ccccc3F)CC2)cc1. The predicted molar refractivity (Wildman–Crippen MR) is 114 cm³/mol. The highest BCUT2D eigenvalue weighted by atomic mass is 19.1. The number of nitrogens with zero attached hydrogens (tertiary/aromatic N) is 2. The normalized spacial score (nSPS) is 15.0. The van der Waals surface area contributed by atoms with Gasteiger partial charge in [0.25, 0.3) is 0 Å². The van der Waals surface area contributed by atoms with Crippen molar-refractivity contribution in [2.75, 3.05) is 59.5 Å². The number of rotatable bonds is 10. The number of nitrogens with one attached hydrogen (secondary N) is 1. The minimum Gasteiger partial charge on any atom is -0.497 e. The molecule has 0 bridgehead atoms. The van der Waals surface area contributed by atoms with Gasteiger partial charge in [0, 0.05) is 39.3 Å². The van der Waals surface area contributed by atoms with Crippen LogP contribution in [0.25, 0.3) is 0 Å². The Morgan fingerprint density at radius 3 is 2.37 bits per heavy atom. The van der Waals surface area contributed by atoms with Gasteiger partial charge in [-0.15, -0.1) is 0 Å². The van der Waals surface area contributed by atoms with Crippen LogP contribution < -0.4 is 14.8 Å². The summed E-state index contributed by atoms with van der Waals surface area (Å²) in [6, 6.07) is 14.2. The summed E-state index contributed by atoms with van der Waals surface area (Å²) >= 11 is 0. The molecule has 6 nitrogen and oxygen atoms in total. The molecule has 0 unspecified atom stereocenters. The molecule has 1 amide bonds. The van der Waals surface area contributed by atoms with Crippen molar-refractivity contribution in [3.8, 4) is 11.5 Å². The summed E-state index contributed by atoms with van der Waals surface area (Å²) in [5, 5.41) is 2.89. The molecule has 0 spiro atoms. The zero-order chi connectivity index (χ0) is 21.2. The Bertz CT molecular complexity index is 793. The highest BCUT2D eigenvalue weighted by molar-refractivity contribution is 5.78. The lowest BCUT2D eigenvalue weighted by molar-refractivity contribution is -0.122. The van der Waals surface area contributed by atoms with Crippen molar-refractivity contribution in [1.29, 1.82) is 0 Å². The van der Waals surface area contributed by atoms with Crippen LogP contribution in [0, 0.1) is 5.82 Å². The molecule has 0 atom stereocenters. The first kappa shape index (κ1) is 22.1. The van der Waals surface area contributed by atoms with Crippen LogP contribution >= 0.6 is 0 Å². The summed E-state index contributed by atoms with van der Waals surface area (Å²) in [4.78, 5) is 16.6. The van der Waals surface area contributed by atoms with Crippen molar-refractivity contribution in [3.63, 3.8) is 0 Å². The maximum Gasteiger partial charge on any atom is 0.234 e. The molecular weight excluding hydrogens is 385 g/mol. The highest BCUT2D eigenvalue weighted by Crippen LogP contribution is 2.17. The predicted octanol–water partition coefficient (Wildman–Crippen LogP) is 2.19. The number of carbonyl (C=O) groups excluding carboxylic acids is 1. The summed E-state index contributed by atoms with van der Waals surface area (Å²) in [5.74, 6) is 1.41. The van der Waals surface area contributed by atoms with Crippen LogP contribution in [0.2, 0.25) is 0 Å². The molecule has 2 aromatic carbocycles. The number of methoxy groups -OCH3 is 1. The second-order valence-corrected chi connectivity index (χ2v) is 7.33. The van der Waals surface area contributed by atoms with E-state index in [1.54, 1.807) is 19.2 Å². The number of ether oxygens (including phenoxy) is 2. The van der Waals surface area contributed by atoms with Crippen LogP contribution in [0.1, 0.15) is 5.56 Å². The van der Waals surface area contributed by atoms with Crippen LogP contribution in [0.3, 0.4) is 0 Å². The van der Waals surface area contributed by atoms with Gasteiger partial charge in [-0.3, -0.25) is 14.6 Å². The first-order valence-electron chi connectivity index (χ1n) is 10.4. The van der Waals surface area contributed by atoms with E-state index < -0.39 is 0 Å². The average molecular weight is 416 g/mol. The van der Waals surface area contributed by atoms with E-state index in [4.69, 9.17) is 9.47 Å². The van der Waals surface area contributed by atoms with E-state index in [0.29, 0.717) is 31.7 Å². The van der Waals surface area contributed by atoms with E-state index in [-0.39, 0.29) is 11.7 Å². The number of benzene rings is 2. The smallest absolute Gasteiger partial charge is 0.234 e. The fourth-order valence-electron chi connectivity index (χ4n) is 3.43. The lowest BCUT2D eigenvalue weighted by atomic mass is 10.1.